The molecule has 0 saturated heterocycles. The minimum absolute atomic E-state index is 0.00361. The lowest BCUT2D eigenvalue weighted by Crippen LogP contribution is -2.02. The highest BCUT2D eigenvalue weighted by molar-refractivity contribution is 7.71. The summed E-state index contributed by atoms with van der Waals surface area (Å²) in [6.07, 6.45) is 2.33. The number of aromatic nitrogens is 2. The van der Waals surface area contributed by atoms with Gasteiger partial charge < -0.3 is 10.1 Å². The Balaban J connectivity index is 1.91. The Labute approximate surface area is 157 Å². The highest BCUT2D eigenvalue weighted by Crippen LogP contribution is 2.26. The normalized spacial score (nSPS) is 10.5. The number of nitrogens with zero attached hydrogens (tertiary/aromatic N) is 2. The Morgan fingerprint density at radius 3 is 2.58 bits per heavy atom. The number of rotatable bonds is 5. The fourth-order valence-corrected chi connectivity index (χ4v) is 3.23. The molecule has 0 aliphatic heterocycles. The maximum Gasteiger partial charge on any atom is 0.218 e. The summed E-state index contributed by atoms with van der Waals surface area (Å²) < 4.78 is 0.304. The molecule has 130 valence electrons. The van der Waals surface area contributed by atoms with Crippen molar-refractivity contribution >= 4 is 12.2 Å². The zero-order chi connectivity index (χ0) is 18.5. The predicted molar refractivity (Wildman–Crippen MR) is 104 cm³/mol. The molecule has 26 heavy (non-hydrogen) atoms. The average Bonchev–Trinajstić information content (AvgIpc) is 2.65. The Kier molecular flexibility index (Phi) is 5.45. The van der Waals surface area contributed by atoms with E-state index in [0.29, 0.717) is 16.8 Å². The van der Waals surface area contributed by atoms with E-state index < -0.39 is 0 Å². The summed E-state index contributed by atoms with van der Waals surface area (Å²) in [5, 5.41) is 19.5. The van der Waals surface area contributed by atoms with Crippen molar-refractivity contribution in [1.82, 2.24) is 9.97 Å². The number of aryl methyl sites for hydroxylation is 1. The first-order valence-electron chi connectivity index (χ1n) is 8.52. The van der Waals surface area contributed by atoms with Gasteiger partial charge >= 0.3 is 0 Å². The molecule has 0 spiro atoms. The summed E-state index contributed by atoms with van der Waals surface area (Å²) in [7, 11) is 0. The van der Waals surface area contributed by atoms with E-state index in [-0.39, 0.29) is 5.88 Å². The lowest BCUT2D eigenvalue weighted by Gasteiger charge is -2.11. The van der Waals surface area contributed by atoms with Crippen molar-refractivity contribution in [1.29, 1.82) is 5.26 Å². The van der Waals surface area contributed by atoms with Gasteiger partial charge in [0, 0.05) is 17.7 Å². The molecule has 1 aromatic heterocycles. The molecular formula is C21H19N3OS. The van der Waals surface area contributed by atoms with Crippen LogP contribution in [0, 0.1) is 16.1 Å². The number of benzene rings is 2. The predicted octanol–water partition coefficient (Wildman–Crippen LogP) is 4.93. The van der Waals surface area contributed by atoms with E-state index in [2.05, 4.69) is 23.0 Å². The van der Waals surface area contributed by atoms with Crippen molar-refractivity contribution in [2.24, 2.45) is 0 Å². The van der Waals surface area contributed by atoms with Crippen LogP contribution in [0.2, 0.25) is 0 Å². The van der Waals surface area contributed by atoms with Crippen LogP contribution in [-0.2, 0) is 12.8 Å². The Morgan fingerprint density at radius 1 is 1.15 bits per heavy atom. The van der Waals surface area contributed by atoms with E-state index in [4.69, 9.17) is 12.2 Å². The third-order valence-electron chi connectivity index (χ3n) is 4.29. The Bertz CT molecular complexity index is 1020. The molecule has 1 heterocycles. The largest absolute Gasteiger partial charge is 0.493 e. The molecule has 0 atom stereocenters. The van der Waals surface area contributed by atoms with Crippen molar-refractivity contribution in [3.63, 3.8) is 0 Å². The van der Waals surface area contributed by atoms with Gasteiger partial charge in [0.25, 0.3) is 0 Å². The van der Waals surface area contributed by atoms with E-state index in [1.807, 2.05) is 48.5 Å². The van der Waals surface area contributed by atoms with E-state index >= 15 is 0 Å². The molecule has 2 aromatic carbocycles. The number of hydrogen-bond acceptors (Lipinski definition) is 4. The average molecular weight is 361 g/mol. The number of hydrogen-bond donors (Lipinski definition) is 2. The number of aromatic hydroxyl groups is 1. The smallest absolute Gasteiger partial charge is 0.218 e. The summed E-state index contributed by atoms with van der Waals surface area (Å²) >= 11 is 5.07. The van der Waals surface area contributed by atoms with E-state index in [0.717, 1.165) is 40.8 Å². The van der Waals surface area contributed by atoms with Gasteiger partial charge in [-0.1, -0.05) is 55.8 Å². The molecule has 4 nitrogen and oxygen atoms in total. The number of nitriles is 1. The van der Waals surface area contributed by atoms with Gasteiger partial charge in [0.1, 0.15) is 0 Å². The maximum atomic E-state index is 10.2. The van der Waals surface area contributed by atoms with Crippen LogP contribution in [-0.4, -0.2) is 15.1 Å². The Hall–Kier alpha value is -2.97. The molecule has 3 aromatic rings. The van der Waals surface area contributed by atoms with Gasteiger partial charge in [-0.15, -0.1) is 0 Å². The minimum Gasteiger partial charge on any atom is -0.493 e. The van der Waals surface area contributed by atoms with Crippen LogP contribution >= 0.6 is 12.2 Å². The zero-order valence-corrected chi connectivity index (χ0v) is 15.3. The van der Waals surface area contributed by atoms with Gasteiger partial charge in [-0.3, -0.25) is 0 Å². The lowest BCUT2D eigenvalue weighted by molar-refractivity contribution is 0.442. The van der Waals surface area contributed by atoms with E-state index in [1.54, 1.807) is 0 Å². The van der Waals surface area contributed by atoms with Crippen molar-refractivity contribution in [3.05, 3.63) is 75.7 Å². The molecule has 0 saturated carbocycles. The van der Waals surface area contributed by atoms with Crippen LogP contribution in [0.4, 0.5) is 0 Å². The maximum absolute atomic E-state index is 10.2. The fourth-order valence-electron chi connectivity index (χ4n) is 3.02. The number of nitrogens with one attached hydrogen (secondary N) is 1. The van der Waals surface area contributed by atoms with E-state index in [9.17, 15) is 10.4 Å². The van der Waals surface area contributed by atoms with E-state index in [1.165, 1.54) is 0 Å². The first-order valence-corrected chi connectivity index (χ1v) is 8.92. The van der Waals surface area contributed by atoms with Crippen LogP contribution in [0.3, 0.4) is 0 Å². The summed E-state index contributed by atoms with van der Waals surface area (Å²) in [6.45, 7) is 2.08. The first-order chi connectivity index (χ1) is 12.6. The topological polar surface area (TPSA) is 72.7 Å². The summed E-state index contributed by atoms with van der Waals surface area (Å²) in [5.41, 5.74) is 5.34. The second-order valence-corrected chi connectivity index (χ2v) is 6.49. The van der Waals surface area contributed by atoms with Gasteiger partial charge in [0.2, 0.25) is 5.88 Å². The molecular weight excluding hydrogens is 342 g/mol. The quantitative estimate of drug-likeness (QED) is 0.632. The molecule has 0 aliphatic rings. The highest BCUT2D eigenvalue weighted by atomic mass is 32.1. The summed E-state index contributed by atoms with van der Waals surface area (Å²) in [6, 6.07) is 17.8. The van der Waals surface area contributed by atoms with Crippen LogP contribution in [0.5, 0.6) is 5.88 Å². The first kappa shape index (κ1) is 17.8. The SMILES string of the molecule is CCCc1[nH]c(=S)nc(O)c1Cc1ccc(-c2ccccc2C#N)cc1. The molecule has 3 rings (SSSR count). The second kappa shape index (κ2) is 7.94. The van der Waals surface area contributed by atoms with Crippen molar-refractivity contribution in [2.45, 2.75) is 26.2 Å². The molecule has 5 heteroatoms. The molecule has 0 unspecified atom stereocenters. The van der Waals surface area contributed by atoms with Crippen LogP contribution < -0.4 is 0 Å². The standard InChI is InChI=1S/C21H19N3OS/c1-2-5-19-18(20(25)24-21(26)23-19)12-14-8-10-15(11-9-14)17-7-4-3-6-16(17)13-22/h3-4,6-11H,2,5,12H2,1H3,(H2,23,24,25,26). The molecule has 2 N–H and O–H groups in total. The third-order valence-corrected chi connectivity index (χ3v) is 4.49. The van der Waals surface area contributed by atoms with Crippen LogP contribution in [0.15, 0.2) is 48.5 Å². The van der Waals surface area contributed by atoms with Gasteiger partial charge in [-0.25, -0.2) is 0 Å². The molecule has 0 bridgehead atoms. The Morgan fingerprint density at radius 2 is 1.88 bits per heavy atom. The number of H-pyrrole nitrogens is 1. The van der Waals surface area contributed by atoms with Gasteiger partial charge in [-0.05, 0) is 41.4 Å². The van der Waals surface area contributed by atoms with Gasteiger partial charge in [0.05, 0.1) is 11.6 Å². The van der Waals surface area contributed by atoms with Gasteiger partial charge in [0.15, 0.2) is 4.77 Å². The third kappa shape index (κ3) is 3.81. The lowest BCUT2D eigenvalue weighted by atomic mass is 9.97. The molecule has 0 aliphatic carbocycles. The van der Waals surface area contributed by atoms with Crippen LogP contribution in [0.25, 0.3) is 11.1 Å². The highest BCUT2D eigenvalue weighted by Gasteiger charge is 2.12. The monoisotopic (exact) mass is 361 g/mol. The van der Waals surface area contributed by atoms with Crippen molar-refractivity contribution in [2.75, 3.05) is 0 Å². The van der Waals surface area contributed by atoms with Crippen LogP contribution in [0.1, 0.15) is 35.7 Å². The molecule has 0 radical (unpaired) electrons. The van der Waals surface area contributed by atoms with Crippen molar-refractivity contribution < 1.29 is 5.11 Å². The molecule has 0 fully saturated rings. The minimum atomic E-state index is -0.00361. The molecule has 0 amide bonds. The van der Waals surface area contributed by atoms with Gasteiger partial charge in [-0.2, -0.15) is 10.2 Å². The second-order valence-electron chi connectivity index (χ2n) is 6.10. The summed E-state index contributed by atoms with van der Waals surface area (Å²) in [5.74, 6) is -0.00361. The fraction of sp³-hybridized carbons (Fsp3) is 0.190. The zero-order valence-electron chi connectivity index (χ0n) is 14.5. The van der Waals surface area contributed by atoms with Crippen molar-refractivity contribution in [3.8, 4) is 23.1 Å². The number of aromatic amines is 1. The summed E-state index contributed by atoms with van der Waals surface area (Å²) in [4.78, 5) is 7.08.